The molecule has 0 saturated carbocycles. The van der Waals surface area contributed by atoms with E-state index in [0.717, 1.165) is 12.8 Å². The van der Waals surface area contributed by atoms with Crippen molar-refractivity contribution in [2.75, 3.05) is 13.7 Å². The standard InChI is InChI=1S/C12H20BrN3O2/c1-3-4-5-10(14)12(17)11-9(13)8-15-16(11)6-7-18-2/h8,10H,3-7,14H2,1-2H3. The van der Waals surface area contributed by atoms with Crippen molar-refractivity contribution in [3.8, 4) is 0 Å². The molecule has 0 amide bonds. The molecule has 1 rings (SSSR count). The molecule has 2 N–H and O–H groups in total. The summed E-state index contributed by atoms with van der Waals surface area (Å²) in [5, 5.41) is 4.15. The Morgan fingerprint density at radius 1 is 1.67 bits per heavy atom. The Balaban J connectivity index is 2.80. The summed E-state index contributed by atoms with van der Waals surface area (Å²) in [5.74, 6) is -0.0658. The first kappa shape index (κ1) is 15.3. The molecule has 102 valence electrons. The van der Waals surface area contributed by atoms with Gasteiger partial charge in [-0.3, -0.25) is 9.48 Å². The Labute approximate surface area is 116 Å². The summed E-state index contributed by atoms with van der Waals surface area (Å²) in [5.41, 5.74) is 6.46. The molecule has 0 radical (unpaired) electrons. The van der Waals surface area contributed by atoms with Crippen LogP contribution in [0.5, 0.6) is 0 Å². The van der Waals surface area contributed by atoms with Gasteiger partial charge in [0.1, 0.15) is 5.69 Å². The van der Waals surface area contributed by atoms with Gasteiger partial charge in [0.15, 0.2) is 5.78 Å². The van der Waals surface area contributed by atoms with Crippen LogP contribution in [-0.4, -0.2) is 35.3 Å². The number of aromatic nitrogens is 2. The highest BCUT2D eigenvalue weighted by atomic mass is 79.9. The maximum absolute atomic E-state index is 12.3. The third-order valence-corrected chi connectivity index (χ3v) is 3.32. The number of halogens is 1. The van der Waals surface area contributed by atoms with Gasteiger partial charge in [0.2, 0.25) is 0 Å². The van der Waals surface area contributed by atoms with Gasteiger partial charge in [-0.05, 0) is 22.4 Å². The zero-order chi connectivity index (χ0) is 13.5. The highest BCUT2D eigenvalue weighted by Crippen LogP contribution is 2.18. The van der Waals surface area contributed by atoms with E-state index in [1.807, 2.05) is 0 Å². The number of carbonyl (C=O) groups excluding carboxylic acids is 1. The summed E-state index contributed by atoms with van der Waals surface area (Å²) in [6.07, 6.45) is 4.31. The number of methoxy groups -OCH3 is 1. The molecule has 0 bridgehead atoms. The molecule has 1 atom stereocenters. The van der Waals surface area contributed by atoms with Crippen molar-refractivity contribution in [1.82, 2.24) is 9.78 Å². The van der Waals surface area contributed by atoms with Crippen LogP contribution in [0.15, 0.2) is 10.7 Å². The fourth-order valence-corrected chi connectivity index (χ4v) is 2.18. The molecule has 1 aromatic rings. The highest BCUT2D eigenvalue weighted by Gasteiger charge is 2.22. The van der Waals surface area contributed by atoms with E-state index < -0.39 is 6.04 Å². The minimum Gasteiger partial charge on any atom is -0.383 e. The topological polar surface area (TPSA) is 70.1 Å². The largest absolute Gasteiger partial charge is 0.383 e. The van der Waals surface area contributed by atoms with Crippen LogP contribution in [0.25, 0.3) is 0 Å². The molecule has 1 aromatic heterocycles. The lowest BCUT2D eigenvalue weighted by molar-refractivity contribution is 0.0941. The summed E-state index contributed by atoms with van der Waals surface area (Å²) in [6.45, 7) is 3.14. The SMILES string of the molecule is CCCCC(N)C(=O)c1c(Br)cnn1CCOC. The van der Waals surface area contributed by atoms with Crippen LogP contribution >= 0.6 is 15.9 Å². The molecule has 0 aromatic carbocycles. The summed E-state index contributed by atoms with van der Waals surface area (Å²) in [4.78, 5) is 12.3. The second-order valence-electron chi connectivity index (χ2n) is 4.17. The van der Waals surface area contributed by atoms with Gasteiger partial charge in [-0.1, -0.05) is 19.8 Å². The lowest BCUT2D eigenvalue weighted by Crippen LogP contribution is -2.32. The van der Waals surface area contributed by atoms with Crippen molar-refractivity contribution in [3.05, 3.63) is 16.4 Å². The summed E-state index contributed by atoms with van der Waals surface area (Å²) >= 11 is 3.35. The first-order valence-electron chi connectivity index (χ1n) is 6.11. The summed E-state index contributed by atoms with van der Waals surface area (Å²) in [6, 6.07) is -0.459. The number of hydrogen-bond acceptors (Lipinski definition) is 4. The lowest BCUT2D eigenvalue weighted by atomic mass is 10.0. The number of nitrogens with zero attached hydrogens (tertiary/aromatic N) is 2. The number of ether oxygens (including phenoxy) is 1. The highest BCUT2D eigenvalue weighted by molar-refractivity contribution is 9.10. The molecule has 0 fully saturated rings. The molecular formula is C12H20BrN3O2. The number of carbonyl (C=O) groups is 1. The van der Waals surface area contributed by atoms with E-state index in [9.17, 15) is 4.79 Å². The van der Waals surface area contributed by atoms with Crippen LogP contribution in [0.3, 0.4) is 0 Å². The molecule has 1 heterocycles. The number of hydrogen-bond donors (Lipinski definition) is 1. The summed E-state index contributed by atoms with van der Waals surface area (Å²) < 4.78 is 7.33. The van der Waals surface area contributed by atoms with E-state index >= 15 is 0 Å². The van der Waals surface area contributed by atoms with Crippen molar-refractivity contribution >= 4 is 21.7 Å². The van der Waals surface area contributed by atoms with Gasteiger partial charge in [-0.25, -0.2) is 0 Å². The van der Waals surface area contributed by atoms with Gasteiger partial charge in [0, 0.05) is 7.11 Å². The van der Waals surface area contributed by atoms with Crippen LogP contribution in [0, 0.1) is 0 Å². The number of ketones is 1. The molecule has 5 nitrogen and oxygen atoms in total. The lowest BCUT2D eigenvalue weighted by Gasteiger charge is -2.12. The fraction of sp³-hybridized carbons (Fsp3) is 0.667. The minimum atomic E-state index is -0.459. The van der Waals surface area contributed by atoms with Gasteiger partial charge in [0.05, 0.1) is 29.9 Å². The van der Waals surface area contributed by atoms with Gasteiger partial charge < -0.3 is 10.5 Å². The van der Waals surface area contributed by atoms with Gasteiger partial charge >= 0.3 is 0 Å². The van der Waals surface area contributed by atoms with Crippen LogP contribution in [0.4, 0.5) is 0 Å². The Kier molecular flexibility index (Phi) is 6.52. The first-order chi connectivity index (χ1) is 8.61. The molecule has 6 heteroatoms. The van der Waals surface area contributed by atoms with Crippen molar-refractivity contribution in [2.45, 2.75) is 38.8 Å². The van der Waals surface area contributed by atoms with Gasteiger partial charge in [-0.15, -0.1) is 0 Å². The van der Waals surface area contributed by atoms with E-state index in [2.05, 4.69) is 28.0 Å². The molecule has 0 saturated heterocycles. The monoisotopic (exact) mass is 317 g/mol. The van der Waals surface area contributed by atoms with Crippen LogP contribution in [0.2, 0.25) is 0 Å². The number of unbranched alkanes of at least 4 members (excludes halogenated alkanes) is 1. The third kappa shape index (κ3) is 3.90. The minimum absolute atomic E-state index is 0.0658. The Bertz CT molecular complexity index is 393. The average Bonchev–Trinajstić information content (AvgIpc) is 2.73. The maximum atomic E-state index is 12.3. The second kappa shape index (κ2) is 7.66. The number of rotatable bonds is 8. The second-order valence-corrected chi connectivity index (χ2v) is 5.02. The van der Waals surface area contributed by atoms with E-state index in [1.165, 1.54) is 0 Å². The molecule has 18 heavy (non-hydrogen) atoms. The quantitative estimate of drug-likeness (QED) is 0.744. The number of Topliss-reactive ketones (excluding diaryl/α,β-unsaturated/α-hetero) is 1. The van der Waals surface area contributed by atoms with Crippen LogP contribution < -0.4 is 5.73 Å². The normalized spacial score (nSPS) is 12.7. The van der Waals surface area contributed by atoms with Gasteiger partial charge in [-0.2, -0.15) is 5.10 Å². The summed E-state index contributed by atoms with van der Waals surface area (Å²) in [7, 11) is 1.62. The number of nitrogens with two attached hydrogens (primary N) is 1. The zero-order valence-corrected chi connectivity index (χ0v) is 12.4. The van der Waals surface area contributed by atoms with E-state index in [0.29, 0.717) is 29.7 Å². The van der Waals surface area contributed by atoms with E-state index in [1.54, 1.807) is 18.0 Å². The average molecular weight is 318 g/mol. The van der Waals surface area contributed by atoms with Crippen molar-refractivity contribution in [3.63, 3.8) is 0 Å². The maximum Gasteiger partial charge on any atom is 0.198 e. The third-order valence-electron chi connectivity index (χ3n) is 2.74. The Hall–Kier alpha value is -0.720. The van der Waals surface area contributed by atoms with Crippen molar-refractivity contribution < 1.29 is 9.53 Å². The van der Waals surface area contributed by atoms with Gasteiger partial charge in [0.25, 0.3) is 0 Å². The molecule has 0 spiro atoms. The Morgan fingerprint density at radius 2 is 2.39 bits per heavy atom. The first-order valence-corrected chi connectivity index (χ1v) is 6.91. The van der Waals surface area contributed by atoms with E-state index in [4.69, 9.17) is 10.5 Å². The predicted molar refractivity (Wildman–Crippen MR) is 73.6 cm³/mol. The van der Waals surface area contributed by atoms with E-state index in [-0.39, 0.29) is 5.78 Å². The molecule has 0 aliphatic rings. The van der Waals surface area contributed by atoms with Crippen molar-refractivity contribution in [2.24, 2.45) is 5.73 Å². The van der Waals surface area contributed by atoms with Crippen LogP contribution in [-0.2, 0) is 11.3 Å². The molecule has 1 unspecified atom stereocenters. The Morgan fingerprint density at radius 3 is 3.00 bits per heavy atom. The zero-order valence-electron chi connectivity index (χ0n) is 10.9. The molecule has 0 aliphatic heterocycles. The fourth-order valence-electron chi connectivity index (χ4n) is 1.69. The molecular weight excluding hydrogens is 298 g/mol. The van der Waals surface area contributed by atoms with Crippen molar-refractivity contribution in [1.29, 1.82) is 0 Å². The molecule has 0 aliphatic carbocycles. The predicted octanol–water partition coefficient (Wildman–Crippen LogP) is 1.99. The smallest absolute Gasteiger partial charge is 0.198 e. The van der Waals surface area contributed by atoms with Crippen LogP contribution in [0.1, 0.15) is 36.7 Å².